The number of hydrogen-bond acceptors (Lipinski definition) is 3. The normalized spacial score (nSPS) is 22.9. The predicted molar refractivity (Wildman–Crippen MR) is 126 cm³/mol. The Bertz CT molecular complexity index is 1000. The van der Waals surface area contributed by atoms with Gasteiger partial charge in [-0.05, 0) is 91.9 Å². The van der Waals surface area contributed by atoms with Gasteiger partial charge in [-0.1, -0.05) is 32.0 Å². The molecule has 1 saturated carbocycles. The van der Waals surface area contributed by atoms with Crippen molar-refractivity contribution in [1.29, 1.82) is 0 Å². The minimum Gasteiger partial charge on any atom is -0.490 e. The molecule has 0 spiro atoms. The number of rotatable bonds is 6. The van der Waals surface area contributed by atoms with E-state index in [-0.39, 0.29) is 23.2 Å². The third kappa shape index (κ3) is 5.68. The molecule has 1 heterocycles. The fourth-order valence-electron chi connectivity index (χ4n) is 5.48. The fourth-order valence-corrected chi connectivity index (χ4v) is 5.48. The topological polar surface area (TPSA) is 49.8 Å². The van der Waals surface area contributed by atoms with Crippen LogP contribution in [0.25, 0.3) is 10.8 Å². The Morgan fingerprint density at radius 2 is 1.71 bits per heavy atom. The van der Waals surface area contributed by atoms with Crippen molar-refractivity contribution >= 4 is 16.7 Å². The highest BCUT2D eigenvalue weighted by atomic mass is 19.4. The summed E-state index contributed by atoms with van der Waals surface area (Å²) in [6.07, 6.45) is -0.0499. The van der Waals surface area contributed by atoms with Crippen LogP contribution in [-0.4, -0.2) is 35.2 Å². The van der Waals surface area contributed by atoms with Crippen molar-refractivity contribution in [2.45, 2.75) is 71.2 Å². The van der Waals surface area contributed by atoms with E-state index in [4.69, 9.17) is 4.74 Å². The monoisotopic (exact) mass is 477 g/mol. The molecular weight excluding hydrogens is 443 g/mol. The second-order valence-electron chi connectivity index (χ2n) is 10.3. The van der Waals surface area contributed by atoms with Crippen LogP contribution >= 0.6 is 0 Å². The number of alkyl halides is 3. The number of aliphatic carboxylic acids is 1. The van der Waals surface area contributed by atoms with Crippen LogP contribution in [0.5, 0.6) is 5.75 Å². The Balaban J connectivity index is 1.55. The number of piperidine rings is 1. The van der Waals surface area contributed by atoms with Gasteiger partial charge in [0.1, 0.15) is 11.3 Å². The first kappa shape index (κ1) is 24.8. The molecule has 1 aliphatic carbocycles. The maximum absolute atomic E-state index is 14.3. The lowest BCUT2D eigenvalue weighted by Crippen LogP contribution is -2.35. The van der Waals surface area contributed by atoms with Crippen molar-refractivity contribution in [1.82, 2.24) is 4.90 Å². The number of carbonyl (C=O) groups is 1. The summed E-state index contributed by atoms with van der Waals surface area (Å²) < 4.78 is 48.8. The molecule has 0 radical (unpaired) electrons. The van der Waals surface area contributed by atoms with Crippen LogP contribution < -0.4 is 4.74 Å². The van der Waals surface area contributed by atoms with E-state index in [0.717, 1.165) is 31.2 Å². The molecular formula is C27H34F3NO3. The van der Waals surface area contributed by atoms with Gasteiger partial charge in [0.2, 0.25) is 0 Å². The van der Waals surface area contributed by atoms with Gasteiger partial charge < -0.3 is 9.84 Å². The van der Waals surface area contributed by atoms with Crippen LogP contribution in [0, 0.1) is 17.8 Å². The van der Waals surface area contributed by atoms with Crippen LogP contribution in [0.2, 0.25) is 0 Å². The number of carboxylic acids is 1. The quantitative estimate of drug-likeness (QED) is 0.500. The van der Waals surface area contributed by atoms with Crippen molar-refractivity contribution in [3.63, 3.8) is 0 Å². The van der Waals surface area contributed by atoms with Gasteiger partial charge in [0, 0.05) is 6.54 Å². The molecule has 2 aliphatic rings. The second-order valence-corrected chi connectivity index (χ2v) is 10.3. The van der Waals surface area contributed by atoms with Gasteiger partial charge in [0.15, 0.2) is 0 Å². The highest BCUT2D eigenvalue weighted by Gasteiger charge is 2.37. The zero-order valence-electron chi connectivity index (χ0n) is 19.9. The molecule has 4 rings (SSSR count). The largest absolute Gasteiger partial charge is 0.490 e. The van der Waals surface area contributed by atoms with Crippen LogP contribution in [0.1, 0.15) is 63.5 Å². The number of likely N-dealkylation sites (tertiary alicyclic amines) is 1. The van der Waals surface area contributed by atoms with Crippen LogP contribution in [0.4, 0.5) is 13.2 Å². The molecule has 2 fully saturated rings. The Morgan fingerprint density at radius 1 is 1.06 bits per heavy atom. The van der Waals surface area contributed by atoms with E-state index in [1.54, 1.807) is 18.2 Å². The lowest BCUT2D eigenvalue weighted by molar-refractivity contribution is -0.143. The first-order chi connectivity index (χ1) is 16.1. The van der Waals surface area contributed by atoms with Gasteiger partial charge in [-0.15, -0.1) is 0 Å². The van der Waals surface area contributed by atoms with E-state index >= 15 is 0 Å². The summed E-state index contributed by atoms with van der Waals surface area (Å²) >= 11 is 0. The summed E-state index contributed by atoms with van der Waals surface area (Å²) in [5.74, 6) is 0.0140. The Kier molecular flexibility index (Phi) is 7.41. The fraction of sp³-hybridized carbons (Fsp3) is 0.593. The van der Waals surface area contributed by atoms with E-state index in [9.17, 15) is 23.1 Å². The lowest BCUT2D eigenvalue weighted by atomic mass is 9.80. The minimum atomic E-state index is -4.53. The third-order valence-corrected chi connectivity index (χ3v) is 7.63. The first-order valence-corrected chi connectivity index (χ1v) is 12.4. The van der Waals surface area contributed by atoms with E-state index in [2.05, 4.69) is 18.7 Å². The van der Waals surface area contributed by atoms with Gasteiger partial charge in [0.05, 0.1) is 12.0 Å². The van der Waals surface area contributed by atoms with Crippen molar-refractivity contribution in [2.75, 3.05) is 13.1 Å². The predicted octanol–water partition coefficient (Wildman–Crippen LogP) is 6.75. The summed E-state index contributed by atoms with van der Waals surface area (Å²) in [5.41, 5.74) is 0.101. The van der Waals surface area contributed by atoms with E-state index in [1.807, 2.05) is 6.07 Å². The van der Waals surface area contributed by atoms with Crippen LogP contribution in [0.3, 0.4) is 0 Å². The molecule has 0 unspecified atom stereocenters. The van der Waals surface area contributed by atoms with Crippen LogP contribution in [0.15, 0.2) is 30.3 Å². The Labute approximate surface area is 199 Å². The van der Waals surface area contributed by atoms with Gasteiger partial charge in [-0.3, -0.25) is 9.69 Å². The maximum Gasteiger partial charge on any atom is 0.420 e. The van der Waals surface area contributed by atoms with Gasteiger partial charge in [0.25, 0.3) is 0 Å². The zero-order valence-corrected chi connectivity index (χ0v) is 19.9. The van der Waals surface area contributed by atoms with Gasteiger partial charge in [-0.2, -0.15) is 13.2 Å². The van der Waals surface area contributed by atoms with Crippen molar-refractivity contribution in [2.24, 2.45) is 17.8 Å². The van der Waals surface area contributed by atoms with E-state index in [0.29, 0.717) is 49.7 Å². The summed E-state index contributed by atoms with van der Waals surface area (Å²) in [6.45, 7) is 6.16. The SMILES string of the molecule is CC(C)[C@H]1CC[C@@H](Oc2ccc3ccc(CN4CCC(C(=O)O)CC4)cc3c2C(F)(F)F)CC1. The number of halogens is 3. The zero-order chi connectivity index (χ0) is 24.5. The molecule has 1 N–H and O–H groups in total. The van der Waals surface area contributed by atoms with E-state index < -0.39 is 17.7 Å². The Morgan fingerprint density at radius 3 is 2.29 bits per heavy atom. The molecule has 7 heteroatoms. The number of hydrogen-bond donors (Lipinski definition) is 1. The molecule has 2 aromatic rings. The van der Waals surface area contributed by atoms with E-state index in [1.165, 1.54) is 6.07 Å². The maximum atomic E-state index is 14.3. The molecule has 1 aliphatic heterocycles. The average molecular weight is 478 g/mol. The number of carboxylic acid groups (broad SMARTS) is 1. The molecule has 186 valence electrons. The molecule has 34 heavy (non-hydrogen) atoms. The summed E-state index contributed by atoms with van der Waals surface area (Å²) in [4.78, 5) is 13.3. The van der Waals surface area contributed by atoms with Crippen molar-refractivity contribution in [3.05, 3.63) is 41.5 Å². The minimum absolute atomic E-state index is 0.0765. The summed E-state index contributed by atoms with van der Waals surface area (Å²) in [6, 6.07) is 8.41. The van der Waals surface area contributed by atoms with Crippen molar-refractivity contribution < 1.29 is 27.8 Å². The summed E-state index contributed by atoms with van der Waals surface area (Å²) in [7, 11) is 0. The van der Waals surface area contributed by atoms with Gasteiger partial charge >= 0.3 is 12.1 Å². The molecule has 1 saturated heterocycles. The molecule has 0 aromatic heterocycles. The molecule has 0 amide bonds. The second kappa shape index (κ2) is 10.1. The number of fused-ring (bicyclic) bond motifs is 1. The molecule has 0 bridgehead atoms. The standard InChI is InChI=1S/C27H34F3NO3/c1-17(2)19-5-8-22(9-6-19)34-24-10-7-20-4-3-18(15-23(20)25(24)27(28,29)30)16-31-13-11-21(12-14-31)26(32)33/h3-4,7,10,15,17,19,21-22H,5-6,8-9,11-14,16H2,1-2H3,(H,32,33)/t19-,22+. The van der Waals surface area contributed by atoms with Crippen molar-refractivity contribution in [3.8, 4) is 5.75 Å². The highest BCUT2D eigenvalue weighted by Crippen LogP contribution is 2.43. The first-order valence-electron chi connectivity index (χ1n) is 12.4. The number of ether oxygens (including phenoxy) is 1. The number of nitrogens with zero attached hydrogens (tertiary/aromatic N) is 1. The summed E-state index contributed by atoms with van der Waals surface area (Å²) in [5, 5.41) is 9.89. The smallest absolute Gasteiger partial charge is 0.420 e. The molecule has 2 aromatic carbocycles. The Hall–Kier alpha value is -2.28. The lowest BCUT2D eigenvalue weighted by Gasteiger charge is -2.32. The number of benzene rings is 2. The van der Waals surface area contributed by atoms with Crippen LogP contribution in [-0.2, 0) is 17.5 Å². The highest BCUT2D eigenvalue weighted by molar-refractivity contribution is 5.89. The molecule has 4 nitrogen and oxygen atoms in total. The molecule has 0 atom stereocenters. The van der Waals surface area contributed by atoms with Gasteiger partial charge in [-0.25, -0.2) is 0 Å². The average Bonchev–Trinajstić information content (AvgIpc) is 2.78. The third-order valence-electron chi connectivity index (χ3n) is 7.63.